The van der Waals surface area contributed by atoms with Gasteiger partial charge >= 0.3 is 0 Å². The smallest absolute Gasteiger partial charge is 0.156 e. The number of nitrogens with zero attached hydrogens (tertiary/aromatic N) is 3. The molecule has 1 saturated heterocycles. The van der Waals surface area contributed by atoms with Crippen molar-refractivity contribution < 1.29 is 4.90 Å². The second kappa shape index (κ2) is 4.86. The Kier molecular flexibility index (Phi) is 2.97. The van der Waals surface area contributed by atoms with Gasteiger partial charge in [0.2, 0.25) is 0 Å². The van der Waals surface area contributed by atoms with Crippen molar-refractivity contribution in [1.82, 2.24) is 15.0 Å². The van der Waals surface area contributed by atoms with E-state index in [1.165, 1.54) is 0 Å². The predicted octanol–water partition coefficient (Wildman–Crippen LogP) is 1.10. The van der Waals surface area contributed by atoms with Gasteiger partial charge in [0.05, 0.1) is 33.2 Å². The van der Waals surface area contributed by atoms with Crippen molar-refractivity contribution in [3.8, 4) is 0 Å². The average Bonchev–Trinajstić information content (AvgIpc) is 2.86. The minimum atomic E-state index is 0.728. The molecule has 2 aromatic heterocycles. The van der Waals surface area contributed by atoms with E-state index >= 15 is 0 Å². The van der Waals surface area contributed by atoms with Crippen molar-refractivity contribution in [2.24, 2.45) is 0 Å². The minimum absolute atomic E-state index is 0.728. The fraction of sp³-hybridized carbons (Fsp3) is 0.333. The lowest BCUT2D eigenvalue weighted by Crippen LogP contribution is -3.12. The van der Waals surface area contributed by atoms with Crippen LogP contribution in [0.1, 0.15) is 0 Å². The van der Waals surface area contributed by atoms with Crippen molar-refractivity contribution >= 4 is 39.4 Å². The number of piperazine rings is 1. The Morgan fingerprint density at radius 3 is 2.86 bits per heavy atom. The molecule has 1 aromatic carbocycles. The predicted molar refractivity (Wildman–Crippen MR) is 85.2 cm³/mol. The molecule has 0 amide bonds. The van der Waals surface area contributed by atoms with Gasteiger partial charge in [-0.15, -0.1) is 0 Å². The number of anilines is 1. The van der Waals surface area contributed by atoms with Gasteiger partial charge in [-0.2, -0.15) is 0 Å². The van der Waals surface area contributed by atoms with Crippen molar-refractivity contribution in [2.45, 2.75) is 0 Å². The normalized spacial score (nSPS) is 17.0. The standard InChI is InChI=1S/C15H16ClN5/c1-20-4-6-21(7-5-20)15-14-13(17-9-18-15)11-8-10(16)2-3-12(11)19-14/h2-3,8-9,19H,4-7H2,1H3/p+1. The Hall–Kier alpha value is -1.85. The van der Waals surface area contributed by atoms with E-state index in [0.29, 0.717) is 0 Å². The molecule has 6 heteroatoms. The largest absolute Gasteiger partial charge is 0.350 e. The number of fused-ring (bicyclic) bond motifs is 3. The van der Waals surface area contributed by atoms with Gasteiger partial charge in [0, 0.05) is 15.9 Å². The van der Waals surface area contributed by atoms with E-state index in [4.69, 9.17) is 11.6 Å². The minimum Gasteiger partial charge on any atom is -0.350 e. The Bertz CT molecular complexity index is 804. The Morgan fingerprint density at radius 2 is 2.05 bits per heavy atom. The van der Waals surface area contributed by atoms with Gasteiger partial charge in [-0.1, -0.05) is 11.6 Å². The quantitative estimate of drug-likeness (QED) is 0.708. The van der Waals surface area contributed by atoms with E-state index in [1.54, 1.807) is 11.2 Å². The number of rotatable bonds is 1. The fourth-order valence-corrected chi connectivity index (χ4v) is 3.16. The second-order valence-corrected chi connectivity index (χ2v) is 6.12. The lowest BCUT2D eigenvalue weighted by molar-refractivity contribution is -0.880. The third-order valence-electron chi connectivity index (χ3n) is 4.24. The summed E-state index contributed by atoms with van der Waals surface area (Å²) in [6.45, 7) is 4.32. The molecule has 0 spiro atoms. The zero-order chi connectivity index (χ0) is 14.4. The first kappa shape index (κ1) is 12.9. The first-order valence-electron chi connectivity index (χ1n) is 7.20. The molecule has 4 rings (SSSR count). The maximum Gasteiger partial charge on any atom is 0.156 e. The molecule has 0 radical (unpaired) electrons. The van der Waals surface area contributed by atoms with Crippen LogP contribution >= 0.6 is 11.6 Å². The van der Waals surface area contributed by atoms with Crippen molar-refractivity contribution in [3.63, 3.8) is 0 Å². The van der Waals surface area contributed by atoms with Crippen molar-refractivity contribution in [3.05, 3.63) is 29.5 Å². The molecule has 0 bridgehead atoms. The van der Waals surface area contributed by atoms with Crippen molar-refractivity contribution in [2.75, 3.05) is 38.1 Å². The summed E-state index contributed by atoms with van der Waals surface area (Å²) in [5.41, 5.74) is 3.01. The molecular weight excluding hydrogens is 286 g/mol. The Balaban J connectivity index is 1.88. The molecule has 3 heterocycles. The Labute approximate surface area is 127 Å². The van der Waals surface area contributed by atoms with E-state index in [0.717, 1.165) is 59.0 Å². The van der Waals surface area contributed by atoms with E-state index in [2.05, 4.69) is 26.9 Å². The number of likely N-dealkylation sites (N-methyl/N-ethyl adjacent to an activating group) is 1. The van der Waals surface area contributed by atoms with Crippen LogP contribution in [0.5, 0.6) is 0 Å². The van der Waals surface area contributed by atoms with Crippen LogP contribution in [0.3, 0.4) is 0 Å². The second-order valence-electron chi connectivity index (χ2n) is 5.68. The molecule has 0 atom stereocenters. The first-order chi connectivity index (χ1) is 10.2. The zero-order valence-electron chi connectivity index (χ0n) is 11.9. The number of hydrogen-bond donors (Lipinski definition) is 2. The van der Waals surface area contributed by atoms with Gasteiger partial charge in [0.15, 0.2) is 5.82 Å². The van der Waals surface area contributed by atoms with Crippen LogP contribution in [0.2, 0.25) is 5.02 Å². The summed E-state index contributed by atoms with van der Waals surface area (Å²) in [6, 6.07) is 5.85. The number of aromatic nitrogens is 3. The molecule has 3 aromatic rings. The molecular formula is C15H17ClN5+. The van der Waals surface area contributed by atoms with Gasteiger partial charge in [-0.25, -0.2) is 9.97 Å². The van der Waals surface area contributed by atoms with Gasteiger partial charge < -0.3 is 14.8 Å². The molecule has 0 saturated carbocycles. The third-order valence-corrected chi connectivity index (χ3v) is 4.48. The number of quaternary nitrogens is 1. The summed E-state index contributed by atoms with van der Waals surface area (Å²) >= 11 is 6.11. The SMILES string of the molecule is C[NH+]1CCN(c2ncnc3c2[nH]c2ccc(Cl)cc23)CC1. The van der Waals surface area contributed by atoms with Gasteiger partial charge in [-0.05, 0) is 18.2 Å². The van der Waals surface area contributed by atoms with Crippen LogP contribution in [0.25, 0.3) is 21.9 Å². The third kappa shape index (κ3) is 2.13. The van der Waals surface area contributed by atoms with Crippen LogP contribution in [0, 0.1) is 0 Å². The van der Waals surface area contributed by atoms with E-state index in [-0.39, 0.29) is 0 Å². The number of hydrogen-bond acceptors (Lipinski definition) is 3. The monoisotopic (exact) mass is 302 g/mol. The zero-order valence-corrected chi connectivity index (χ0v) is 12.6. The highest BCUT2D eigenvalue weighted by molar-refractivity contribution is 6.31. The number of benzene rings is 1. The van der Waals surface area contributed by atoms with Crippen LogP contribution in [0.15, 0.2) is 24.5 Å². The molecule has 0 unspecified atom stereocenters. The molecule has 1 aliphatic heterocycles. The molecule has 1 fully saturated rings. The first-order valence-corrected chi connectivity index (χ1v) is 7.58. The lowest BCUT2D eigenvalue weighted by atomic mass is 10.2. The summed E-state index contributed by atoms with van der Waals surface area (Å²) in [6.07, 6.45) is 1.65. The highest BCUT2D eigenvalue weighted by Crippen LogP contribution is 2.30. The van der Waals surface area contributed by atoms with Crippen LogP contribution in [0.4, 0.5) is 5.82 Å². The molecule has 108 valence electrons. The molecule has 21 heavy (non-hydrogen) atoms. The fourth-order valence-electron chi connectivity index (χ4n) is 2.99. The van der Waals surface area contributed by atoms with E-state index in [1.807, 2.05) is 18.2 Å². The maximum atomic E-state index is 6.11. The number of nitrogens with one attached hydrogen (secondary N) is 2. The lowest BCUT2D eigenvalue weighted by Gasteiger charge is -2.30. The summed E-state index contributed by atoms with van der Waals surface area (Å²) in [5, 5.41) is 1.78. The van der Waals surface area contributed by atoms with Crippen LogP contribution in [-0.2, 0) is 0 Å². The summed E-state index contributed by atoms with van der Waals surface area (Å²) in [5.74, 6) is 1.000. The summed E-state index contributed by atoms with van der Waals surface area (Å²) < 4.78 is 0. The molecule has 0 aliphatic carbocycles. The topological polar surface area (TPSA) is 49.2 Å². The number of H-pyrrole nitrogens is 1. The molecule has 1 aliphatic rings. The average molecular weight is 303 g/mol. The maximum absolute atomic E-state index is 6.11. The van der Waals surface area contributed by atoms with E-state index in [9.17, 15) is 0 Å². The number of halogens is 1. The highest BCUT2D eigenvalue weighted by atomic mass is 35.5. The highest BCUT2D eigenvalue weighted by Gasteiger charge is 2.21. The van der Waals surface area contributed by atoms with Crippen LogP contribution < -0.4 is 9.80 Å². The summed E-state index contributed by atoms with van der Waals surface area (Å²) in [7, 11) is 2.23. The summed E-state index contributed by atoms with van der Waals surface area (Å²) in [4.78, 5) is 16.3. The van der Waals surface area contributed by atoms with Crippen LogP contribution in [-0.4, -0.2) is 48.2 Å². The van der Waals surface area contributed by atoms with Gasteiger partial charge in [-0.3, -0.25) is 0 Å². The molecule has 2 N–H and O–H groups in total. The van der Waals surface area contributed by atoms with E-state index < -0.39 is 0 Å². The van der Waals surface area contributed by atoms with Gasteiger partial charge in [0.25, 0.3) is 0 Å². The van der Waals surface area contributed by atoms with Crippen molar-refractivity contribution in [1.29, 1.82) is 0 Å². The number of aromatic amines is 1. The molecule has 5 nitrogen and oxygen atoms in total. The van der Waals surface area contributed by atoms with Gasteiger partial charge in [0.1, 0.15) is 17.4 Å². The Morgan fingerprint density at radius 1 is 1.24 bits per heavy atom.